The zero-order chi connectivity index (χ0) is 23.8. The van der Waals surface area contributed by atoms with Gasteiger partial charge in [-0.25, -0.2) is 0 Å². The maximum Gasteiger partial charge on any atom is 0.416 e. The SMILES string of the molecule is Cc1ccc(C(N)=O)cc1-c1noc(-c2cnn(C)c2COc2ccc(C(F)(F)F)cc2)n1. The Morgan fingerprint density at radius 3 is 2.55 bits per heavy atom. The number of halogens is 3. The van der Waals surface area contributed by atoms with E-state index in [-0.39, 0.29) is 24.1 Å². The van der Waals surface area contributed by atoms with Crippen LogP contribution in [0.3, 0.4) is 0 Å². The van der Waals surface area contributed by atoms with Crippen molar-refractivity contribution in [1.29, 1.82) is 0 Å². The molecule has 0 aliphatic heterocycles. The van der Waals surface area contributed by atoms with Crippen molar-refractivity contribution in [2.45, 2.75) is 19.7 Å². The van der Waals surface area contributed by atoms with E-state index in [2.05, 4.69) is 15.2 Å². The van der Waals surface area contributed by atoms with Crippen molar-refractivity contribution in [1.82, 2.24) is 19.9 Å². The molecule has 11 heteroatoms. The summed E-state index contributed by atoms with van der Waals surface area (Å²) in [4.78, 5) is 15.9. The summed E-state index contributed by atoms with van der Waals surface area (Å²) in [6.45, 7) is 1.84. The highest BCUT2D eigenvalue weighted by atomic mass is 19.4. The first kappa shape index (κ1) is 22.1. The summed E-state index contributed by atoms with van der Waals surface area (Å²) >= 11 is 0. The number of hydrogen-bond acceptors (Lipinski definition) is 6. The molecule has 2 aromatic carbocycles. The highest BCUT2D eigenvalue weighted by molar-refractivity contribution is 5.94. The van der Waals surface area contributed by atoms with Crippen molar-refractivity contribution in [3.8, 4) is 28.6 Å². The molecule has 0 bridgehead atoms. The molecule has 0 unspecified atom stereocenters. The molecule has 0 aliphatic carbocycles. The molecule has 8 nitrogen and oxygen atoms in total. The smallest absolute Gasteiger partial charge is 0.416 e. The van der Waals surface area contributed by atoms with E-state index < -0.39 is 17.6 Å². The van der Waals surface area contributed by atoms with E-state index >= 15 is 0 Å². The summed E-state index contributed by atoms with van der Waals surface area (Å²) < 4.78 is 50.8. The fourth-order valence-corrected chi connectivity index (χ4v) is 3.16. The van der Waals surface area contributed by atoms with Gasteiger partial charge >= 0.3 is 6.18 Å². The number of hydrogen-bond donors (Lipinski definition) is 1. The van der Waals surface area contributed by atoms with Crippen molar-refractivity contribution in [3.63, 3.8) is 0 Å². The topological polar surface area (TPSA) is 109 Å². The number of aromatic nitrogens is 4. The predicted molar refractivity (Wildman–Crippen MR) is 111 cm³/mol. The second kappa shape index (κ2) is 8.41. The molecule has 4 aromatic rings. The van der Waals surface area contributed by atoms with Crippen molar-refractivity contribution in [2.75, 3.05) is 0 Å². The lowest BCUT2D eigenvalue weighted by Gasteiger charge is -2.10. The minimum Gasteiger partial charge on any atom is -0.487 e. The second-order valence-corrected chi connectivity index (χ2v) is 7.26. The summed E-state index contributed by atoms with van der Waals surface area (Å²) in [6, 6.07) is 9.33. The predicted octanol–water partition coefficient (Wildman–Crippen LogP) is 4.14. The van der Waals surface area contributed by atoms with E-state index in [1.165, 1.54) is 18.3 Å². The van der Waals surface area contributed by atoms with Gasteiger partial charge in [0.15, 0.2) is 0 Å². The number of rotatable bonds is 6. The van der Waals surface area contributed by atoms with Gasteiger partial charge in [0.2, 0.25) is 11.7 Å². The first-order valence-corrected chi connectivity index (χ1v) is 9.69. The third kappa shape index (κ3) is 4.56. The molecule has 4 rings (SSSR count). The molecule has 2 aromatic heterocycles. The maximum absolute atomic E-state index is 12.7. The molecule has 1 amide bonds. The van der Waals surface area contributed by atoms with Crippen molar-refractivity contribution >= 4 is 5.91 Å². The lowest BCUT2D eigenvalue weighted by molar-refractivity contribution is -0.137. The van der Waals surface area contributed by atoms with Crippen LogP contribution in [-0.2, 0) is 19.8 Å². The molecule has 33 heavy (non-hydrogen) atoms. The van der Waals surface area contributed by atoms with Gasteiger partial charge in [-0.05, 0) is 48.9 Å². The number of nitrogens with zero attached hydrogens (tertiary/aromatic N) is 4. The van der Waals surface area contributed by atoms with E-state index in [1.807, 2.05) is 6.92 Å². The lowest BCUT2D eigenvalue weighted by Crippen LogP contribution is -2.11. The van der Waals surface area contributed by atoms with E-state index in [9.17, 15) is 18.0 Å². The second-order valence-electron chi connectivity index (χ2n) is 7.26. The van der Waals surface area contributed by atoms with Crippen LogP contribution in [0.25, 0.3) is 22.8 Å². The summed E-state index contributed by atoms with van der Waals surface area (Å²) in [6.07, 6.45) is -2.89. The Morgan fingerprint density at radius 1 is 1.15 bits per heavy atom. The van der Waals surface area contributed by atoms with Gasteiger partial charge in [-0.3, -0.25) is 9.48 Å². The Bertz CT molecular complexity index is 1310. The molecule has 0 aliphatic rings. The number of primary amides is 1. The minimum atomic E-state index is -4.42. The number of alkyl halides is 3. The van der Waals surface area contributed by atoms with Crippen LogP contribution in [-0.4, -0.2) is 25.8 Å². The van der Waals surface area contributed by atoms with Gasteiger partial charge in [0, 0.05) is 18.2 Å². The first-order chi connectivity index (χ1) is 15.6. The number of carbonyl (C=O) groups excluding carboxylic acids is 1. The summed E-state index contributed by atoms with van der Waals surface area (Å²) in [5.41, 5.74) is 7.41. The Labute approximate surface area is 185 Å². The molecule has 0 saturated heterocycles. The highest BCUT2D eigenvalue weighted by Crippen LogP contribution is 2.31. The molecular weight excluding hydrogens is 439 g/mol. The van der Waals surface area contributed by atoms with Gasteiger partial charge in [0.1, 0.15) is 12.4 Å². The zero-order valence-corrected chi connectivity index (χ0v) is 17.6. The third-order valence-electron chi connectivity index (χ3n) is 5.04. The van der Waals surface area contributed by atoms with Gasteiger partial charge < -0.3 is 15.0 Å². The lowest BCUT2D eigenvalue weighted by atomic mass is 10.0. The molecule has 0 radical (unpaired) electrons. The summed E-state index contributed by atoms with van der Waals surface area (Å²) in [5.74, 6) is 0.132. The zero-order valence-electron chi connectivity index (χ0n) is 17.6. The van der Waals surface area contributed by atoms with Crippen LogP contribution < -0.4 is 10.5 Å². The number of carbonyl (C=O) groups is 1. The number of nitrogens with two attached hydrogens (primary N) is 1. The fraction of sp³-hybridized carbons (Fsp3) is 0.182. The van der Waals surface area contributed by atoms with Crippen LogP contribution >= 0.6 is 0 Å². The largest absolute Gasteiger partial charge is 0.487 e. The molecule has 0 atom stereocenters. The fourth-order valence-electron chi connectivity index (χ4n) is 3.16. The van der Waals surface area contributed by atoms with Crippen LogP contribution in [0.2, 0.25) is 0 Å². The summed E-state index contributed by atoms with van der Waals surface area (Å²) in [5, 5.41) is 8.19. The van der Waals surface area contributed by atoms with E-state index in [0.717, 1.165) is 17.7 Å². The van der Waals surface area contributed by atoms with E-state index in [0.29, 0.717) is 22.4 Å². The highest BCUT2D eigenvalue weighted by Gasteiger charge is 2.30. The average molecular weight is 457 g/mol. The normalized spacial score (nSPS) is 11.5. The van der Waals surface area contributed by atoms with Gasteiger partial charge in [-0.15, -0.1) is 0 Å². The van der Waals surface area contributed by atoms with Gasteiger partial charge in [0.05, 0.1) is 23.0 Å². The molecule has 0 saturated carbocycles. The summed E-state index contributed by atoms with van der Waals surface area (Å²) in [7, 11) is 1.69. The molecule has 0 fully saturated rings. The average Bonchev–Trinajstić information content (AvgIpc) is 3.39. The number of ether oxygens (including phenoxy) is 1. The van der Waals surface area contributed by atoms with Crippen LogP contribution in [0.1, 0.15) is 27.2 Å². The Hall–Kier alpha value is -4.15. The first-order valence-electron chi connectivity index (χ1n) is 9.69. The number of aryl methyl sites for hydroxylation is 2. The van der Waals surface area contributed by atoms with Crippen LogP contribution in [0.5, 0.6) is 5.75 Å². The van der Waals surface area contributed by atoms with E-state index in [4.69, 9.17) is 15.0 Å². The van der Waals surface area contributed by atoms with Crippen LogP contribution in [0, 0.1) is 6.92 Å². The standard InChI is InChI=1S/C22H18F3N5O3/c1-12-3-4-13(19(26)31)9-16(12)20-28-21(33-29-20)17-10-27-30(2)18(17)11-32-15-7-5-14(6-8-15)22(23,24)25/h3-10H,11H2,1-2H3,(H2,26,31). The van der Waals surface area contributed by atoms with Gasteiger partial charge in [-0.1, -0.05) is 11.2 Å². The molecule has 2 heterocycles. The van der Waals surface area contributed by atoms with Crippen molar-refractivity contribution in [2.24, 2.45) is 12.8 Å². The van der Waals surface area contributed by atoms with Gasteiger partial charge in [-0.2, -0.15) is 23.3 Å². The minimum absolute atomic E-state index is 0.00506. The quantitative estimate of drug-likeness (QED) is 0.466. The van der Waals surface area contributed by atoms with Crippen LogP contribution in [0.15, 0.2) is 53.2 Å². The molecule has 170 valence electrons. The number of amides is 1. The van der Waals surface area contributed by atoms with Gasteiger partial charge in [0.25, 0.3) is 5.89 Å². The third-order valence-corrected chi connectivity index (χ3v) is 5.04. The van der Waals surface area contributed by atoms with E-state index in [1.54, 1.807) is 29.9 Å². The Kier molecular flexibility index (Phi) is 5.62. The van der Waals surface area contributed by atoms with Crippen molar-refractivity contribution < 1.29 is 27.2 Å². The maximum atomic E-state index is 12.7. The Morgan fingerprint density at radius 2 is 1.88 bits per heavy atom. The number of benzene rings is 2. The molecule has 2 N–H and O–H groups in total. The molecular formula is C22H18F3N5O3. The Balaban J connectivity index is 1.57. The monoisotopic (exact) mass is 457 g/mol. The van der Waals surface area contributed by atoms with Crippen molar-refractivity contribution in [3.05, 3.63) is 71.0 Å². The molecule has 0 spiro atoms. The van der Waals surface area contributed by atoms with Crippen LogP contribution in [0.4, 0.5) is 13.2 Å².